The fourth-order valence-electron chi connectivity index (χ4n) is 0.908. The zero-order valence-corrected chi connectivity index (χ0v) is 8.05. The van der Waals surface area contributed by atoms with Crippen LogP contribution in [0.3, 0.4) is 0 Å². The summed E-state index contributed by atoms with van der Waals surface area (Å²) in [6, 6.07) is 1.75. The maximum atomic E-state index is 12.8. The largest absolute Gasteiger partial charge is 0.416 e. The molecule has 0 aliphatic rings. The fraction of sp³-hybridized carbons (Fsp3) is 0.125. The Kier molecular flexibility index (Phi) is 4.09. The van der Waals surface area contributed by atoms with E-state index in [0.717, 1.165) is 0 Å². The molecule has 0 aliphatic heterocycles. The lowest BCUT2D eigenvalue weighted by molar-refractivity contribution is -0.137. The number of hydrogen-bond donors (Lipinski definition) is 2. The van der Waals surface area contributed by atoms with Crippen molar-refractivity contribution < 1.29 is 17.6 Å². The smallest absolute Gasteiger partial charge is 0.384 e. The zero-order chi connectivity index (χ0) is 10.9. The Morgan fingerprint density at radius 1 is 1.27 bits per heavy atom. The molecular weight excluding hydrogens is 236 g/mol. The molecule has 0 amide bonds. The number of nitrogens with one attached hydrogen (secondary N) is 1. The van der Waals surface area contributed by atoms with Crippen LogP contribution < -0.4 is 5.73 Å². The number of amidine groups is 1. The van der Waals surface area contributed by atoms with Crippen LogP contribution in [-0.4, -0.2) is 5.84 Å². The Balaban J connectivity index is 0.00000196. The van der Waals surface area contributed by atoms with E-state index in [0.29, 0.717) is 18.2 Å². The molecule has 0 atom stereocenters. The monoisotopic (exact) mass is 242 g/mol. The molecule has 1 aromatic rings. The molecule has 1 aromatic carbocycles. The van der Waals surface area contributed by atoms with E-state index < -0.39 is 29.0 Å². The van der Waals surface area contributed by atoms with E-state index in [1.165, 1.54) is 0 Å². The molecule has 0 unspecified atom stereocenters. The van der Waals surface area contributed by atoms with Crippen molar-refractivity contribution in [2.24, 2.45) is 5.73 Å². The Bertz CT molecular complexity index is 375. The second kappa shape index (κ2) is 4.48. The third-order valence-electron chi connectivity index (χ3n) is 1.58. The lowest BCUT2D eigenvalue weighted by Gasteiger charge is -2.08. The van der Waals surface area contributed by atoms with Gasteiger partial charge in [0.1, 0.15) is 11.7 Å². The maximum absolute atomic E-state index is 12.8. The van der Waals surface area contributed by atoms with Crippen molar-refractivity contribution in [2.75, 3.05) is 0 Å². The van der Waals surface area contributed by atoms with Gasteiger partial charge in [-0.05, 0) is 18.2 Å². The van der Waals surface area contributed by atoms with Gasteiger partial charge in [0.25, 0.3) is 0 Å². The van der Waals surface area contributed by atoms with E-state index in [2.05, 4.69) is 0 Å². The first-order valence-electron chi connectivity index (χ1n) is 3.53. The molecule has 7 heteroatoms. The van der Waals surface area contributed by atoms with Gasteiger partial charge in [0.15, 0.2) is 0 Å². The topological polar surface area (TPSA) is 49.9 Å². The van der Waals surface area contributed by atoms with Crippen LogP contribution in [0.15, 0.2) is 18.2 Å². The van der Waals surface area contributed by atoms with Crippen LogP contribution in [0.5, 0.6) is 0 Å². The lowest BCUT2D eigenvalue weighted by Crippen LogP contribution is -2.15. The molecule has 0 aromatic heterocycles. The molecule has 3 N–H and O–H groups in total. The first-order valence-corrected chi connectivity index (χ1v) is 3.53. The van der Waals surface area contributed by atoms with E-state index >= 15 is 0 Å². The Morgan fingerprint density at radius 3 is 2.20 bits per heavy atom. The van der Waals surface area contributed by atoms with Gasteiger partial charge >= 0.3 is 6.18 Å². The zero-order valence-electron chi connectivity index (χ0n) is 7.23. The van der Waals surface area contributed by atoms with Gasteiger partial charge in [-0.2, -0.15) is 13.2 Å². The summed E-state index contributed by atoms with van der Waals surface area (Å²) in [5, 5.41) is 6.85. The van der Waals surface area contributed by atoms with Gasteiger partial charge in [0.2, 0.25) is 0 Å². The minimum Gasteiger partial charge on any atom is -0.384 e. The third kappa shape index (κ3) is 3.09. The molecular formula is C8H7ClF4N2. The SMILES string of the molecule is Cl.N=C(N)c1cc(C(F)(F)F)ccc1F. The number of nitrogen functional groups attached to an aromatic ring is 1. The van der Waals surface area contributed by atoms with Crippen LogP contribution in [0.4, 0.5) is 17.6 Å². The molecule has 1 rings (SSSR count). The predicted molar refractivity (Wildman–Crippen MR) is 49.7 cm³/mol. The van der Waals surface area contributed by atoms with E-state index in [9.17, 15) is 17.6 Å². The van der Waals surface area contributed by atoms with Crippen LogP contribution >= 0.6 is 12.4 Å². The predicted octanol–water partition coefficient (Wildman–Crippen LogP) is 2.55. The minimum atomic E-state index is -4.56. The summed E-state index contributed by atoms with van der Waals surface area (Å²) in [6.45, 7) is 0. The van der Waals surface area contributed by atoms with Crippen molar-refractivity contribution in [2.45, 2.75) is 6.18 Å². The third-order valence-corrected chi connectivity index (χ3v) is 1.58. The molecule has 84 valence electrons. The number of halogens is 5. The van der Waals surface area contributed by atoms with Gasteiger partial charge in [0.05, 0.1) is 11.1 Å². The Morgan fingerprint density at radius 2 is 1.80 bits per heavy atom. The molecule has 0 spiro atoms. The highest BCUT2D eigenvalue weighted by atomic mass is 35.5. The standard InChI is InChI=1S/C8H6F4N2.ClH/c9-6-2-1-4(8(10,11)12)3-5(6)7(13)14;/h1-3H,(H3,13,14);1H. The van der Waals surface area contributed by atoms with E-state index in [-0.39, 0.29) is 12.4 Å². The summed E-state index contributed by atoms with van der Waals surface area (Å²) in [7, 11) is 0. The summed E-state index contributed by atoms with van der Waals surface area (Å²) in [5.74, 6) is -1.67. The molecule has 0 heterocycles. The van der Waals surface area contributed by atoms with Crippen LogP contribution in [0.1, 0.15) is 11.1 Å². The van der Waals surface area contributed by atoms with E-state index in [1.54, 1.807) is 0 Å². The Labute approximate surface area is 89.0 Å². The molecule has 0 radical (unpaired) electrons. The van der Waals surface area contributed by atoms with Crippen molar-refractivity contribution in [1.29, 1.82) is 5.41 Å². The van der Waals surface area contributed by atoms with E-state index in [1.807, 2.05) is 0 Å². The molecule has 15 heavy (non-hydrogen) atoms. The number of nitrogens with two attached hydrogens (primary N) is 1. The number of rotatable bonds is 1. The van der Waals surface area contributed by atoms with Gasteiger partial charge < -0.3 is 5.73 Å². The van der Waals surface area contributed by atoms with Crippen LogP contribution in [0.25, 0.3) is 0 Å². The summed E-state index contributed by atoms with van der Waals surface area (Å²) in [6.07, 6.45) is -4.56. The van der Waals surface area contributed by atoms with Crippen molar-refractivity contribution in [3.8, 4) is 0 Å². The van der Waals surface area contributed by atoms with Crippen LogP contribution in [0.2, 0.25) is 0 Å². The lowest BCUT2D eigenvalue weighted by atomic mass is 10.1. The molecule has 0 bridgehead atoms. The van der Waals surface area contributed by atoms with Gasteiger partial charge in [-0.15, -0.1) is 12.4 Å². The minimum absolute atomic E-state index is 0. The second-order valence-corrected chi connectivity index (χ2v) is 2.61. The summed E-state index contributed by atoms with van der Waals surface area (Å²) < 4.78 is 49.2. The van der Waals surface area contributed by atoms with Crippen molar-refractivity contribution in [3.63, 3.8) is 0 Å². The molecule has 0 aliphatic carbocycles. The number of alkyl halides is 3. The average molecular weight is 243 g/mol. The summed E-state index contributed by atoms with van der Waals surface area (Å²) in [5.41, 5.74) is 3.34. The normalized spacial score (nSPS) is 10.7. The first kappa shape index (κ1) is 13.7. The number of hydrogen-bond acceptors (Lipinski definition) is 1. The highest BCUT2D eigenvalue weighted by Gasteiger charge is 2.31. The molecule has 0 fully saturated rings. The van der Waals surface area contributed by atoms with Gasteiger partial charge in [-0.1, -0.05) is 0 Å². The number of benzene rings is 1. The van der Waals surface area contributed by atoms with Gasteiger partial charge in [-0.3, -0.25) is 5.41 Å². The first-order chi connectivity index (χ1) is 6.32. The van der Waals surface area contributed by atoms with Gasteiger partial charge in [-0.25, -0.2) is 4.39 Å². The second-order valence-electron chi connectivity index (χ2n) is 2.61. The fourth-order valence-corrected chi connectivity index (χ4v) is 0.908. The molecule has 0 saturated carbocycles. The average Bonchev–Trinajstić information content (AvgIpc) is 2.02. The van der Waals surface area contributed by atoms with Crippen molar-refractivity contribution in [1.82, 2.24) is 0 Å². The van der Waals surface area contributed by atoms with Gasteiger partial charge in [0, 0.05) is 0 Å². The van der Waals surface area contributed by atoms with Crippen LogP contribution in [-0.2, 0) is 6.18 Å². The molecule has 0 saturated heterocycles. The van der Waals surface area contributed by atoms with Crippen molar-refractivity contribution in [3.05, 3.63) is 35.1 Å². The maximum Gasteiger partial charge on any atom is 0.416 e. The quantitative estimate of drug-likeness (QED) is 0.444. The molecule has 2 nitrogen and oxygen atoms in total. The highest BCUT2D eigenvalue weighted by molar-refractivity contribution is 5.95. The Hall–Kier alpha value is -1.30. The van der Waals surface area contributed by atoms with Crippen LogP contribution in [0, 0.1) is 11.2 Å². The summed E-state index contributed by atoms with van der Waals surface area (Å²) >= 11 is 0. The highest BCUT2D eigenvalue weighted by Crippen LogP contribution is 2.30. The summed E-state index contributed by atoms with van der Waals surface area (Å²) in [4.78, 5) is 0. The van der Waals surface area contributed by atoms with E-state index in [4.69, 9.17) is 11.1 Å². The van der Waals surface area contributed by atoms with Crippen molar-refractivity contribution >= 4 is 18.2 Å².